The molecule has 1 aromatic carbocycles. The van der Waals surface area contributed by atoms with Crippen molar-refractivity contribution in [3.63, 3.8) is 0 Å². The summed E-state index contributed by atoms with van der Waals surface area (Å²) in [6.45, 7) is 2.44. The van der Waals surface area contributed by atoms with E-state index >= 15 is 0 Å². The predicted octanol–water partition coefficient (Wildman–Crippen LogP) is 5.13. The van der Waals surface area contributed by atoms with Crippen LogP contribution in [0.1, 0.15) is 29.7 Å². The van der Waals surface area contributed by atoms with E-state index < -0.39 is 5.82 Å². The summed E-state index contributed by atoms with van der Waals surface area (Å²) in [7, 11) is 0. The van der Waals surface area contributed by atoms with Gasteiger partial charge in [-0.15, -0.1) is 0 Å². The number of hydrogen-bond donors (Lipinski definition) is 1. The first-order valence-electron chi connectivity index (χ1n) is 8.96. The SMILES string of the molecule is C[C@H](C1=CCc2ncc(-c3cnn(CCO)c3)cc21)c1c(Cl)ccc(F)c1Cl. The molecule has 3 aromatic rings. The number of fused-ring (bicyclic) bond motifs is 1. The van der Waals surface area contributed by atoms with Gasteiger partial charge in [-0.05, 0) is 29.3 Å². The Morgan fingerprint density at radius 1 is 1.25 bits per heavy atom. The second-order valence-corrected chi connectivity index (χ2v) is 7.56. The zero-order valence-corrected chi connectivity index (χ0v) is 16.7. The third-order valence-corrected chi connectivity index (χ3v) is 5.78. The Morgan fingerprint density at radius 2 is 2.07 bits per heavy atom. The molecule has 1 atom stereocenters. The Labute approximate surface area is 172 Å². The maximum atomic E-state index is 14.0. The van der Waals surface area contributed by atoms with E-state index in [4.69, 9.17) is 28.3 Å². The minimum absolute atomic E-state index is 0.0309. The van der Waals surface area contributed by atoms with Gasteiger partial charge in [-0.3, -0.25) is 9.67 Å². The zero-order valence-electron chi connectivity index (χ0n) is 15.2. The number of nitrogens with zero attached hydrogens (tertiary/aromatic N) is 3. The Morgan fingerprint density at radius 3 is 2.86 bits per heavy atom. The minimum Gasteiger partial charge on any atom is -0.394 e. The molecule has 0 bridgehead atoms. The van der Waals surface area contributed by atoms with Gasteiger partial charge in [0.05, 0.1) is 30.1 Å². The fraction of sp³-hybridized carbons (Fsp3) is 0.238. The van der Waals surface area contributed by atoms with Crippen molar-refractivity contribution in [1.82, 2.24) is 14.8 Å². The molecule has 1 N–H and O–H groups in total. The number of halogens is 3. The lowest BCUT2D eigenvalue weighted by Crippen LogP contribution is -2.02. The van der Waals surface area contributed by atoms with Crippen molar-refractivity contribution in [2.45, 2.75) is 25.8 Å². The second-order valence-electron chi connectivity index (χ2n) is 6.78. The van der Waals surface area contributed by atoms with Crippen LogP contribution in [0.2, 0.25) is 10.0 Å². The molecule has 0 radical (unpaired) electrons. The highest BCUT2D eigenvalue weighted by molar-refractivity contribution is 6.36. The third kappa shape index (κ3) is 3.34. The molecule has 0 unspecified atom stereocenters. The lowest BCUT2D eigenvalue weighted by molar-refractivity contribution is 0.269. The van der Waals surface area contributed by atoms with Gasteiger partial charge in [-0.1, -0.05) is 36.2 Å². The summed E-state index contributed by atoms with van der Waals surface area (Å²) in [6.07, 6.45) is 8.26. The molecule has 1 aliphatic carbocycles. The molecule has 0 saturated carbocycles. The van der Waals surface area contributed by atoms with E-state index in [1.54, 1.807) is 10.9 Å². The first-order valence-corrected chi connectivity index (χ1v) is 9.71. The highest BCUT2D eigenvalue weighted by Crippen LogP contribution is 2.43. The van der Waals surface area contributed by atoms with Crippen LogP contribution in [0.25, 0.3) is 16.7 Å². The monoisotopic (exact) mass is 417 g/mol. The van der Waals surface area contributed by atoms with Gasteiger partial charge in [-0.2, -0.15) is 5.10 Å². The van der Waals surface area contributed by atoms with Gasteiger partial charge in [-0.25, -0.2) is 4.39 Å². The molecule has 7 heteroatoms. The summed E-state index contributed by atoms with van der Waals surface area (Å²) in [5.41, 5.74) is 5.45. The minimum atomic E-state index is -0.477. The van der Waals surface area contributed by atoms with Gasteiger partial charge in [0.25, 0.3) is 0 Å². The van der Waals surface area contributed by atoms with Crippen LogP contribution in [0.3, 0.4) is 0 Å². The summed E-state index contributed by atoms with van der Waals surface area (Å²) in [5, 5.41) is 13.8. The summed E-state index contributed by atoms with van der Waals surface area (Å²) in [5.74, 6) is -0.652. The van der Waals surface area contributed by atoms with Crippen molar-refractivity contribution in [3.8, 4) is 11.1 Å². The van der Waals surface area contributed by atoms with E-state index in [1.807, 2.05) is 19.3 Å². The first-order chi connectivity index (χ1) is 13.5. The fourth-order valence-corrected chi connectivity index (χ4v) is 4.32. The number of aromatic nitrogens is 3. The molecule has 28 heavy (non-hydrogen) atoms. The largest absolute Gasteiger partial charge is 0.394 e. The predicted molar refractivity (Wildman–Crippen MR) is 109 cm³/mol. The normalized spacial score (nSPS) is 14.1. The average molecular weight is 418 g/mol. The molecular weight excluding hydrogens is 400 g/mol. The van der Waals surface area contributed by atoms with E-state index in [9.17, 15) is 4.39 Å². The van der Waals surface area contributed by atoms with Crippen LogP contribution in [0, 0.1) is 5.82 Å². The summed E-state index contributed by atoms with van der Waals surface area (Å²) in [4.78, 5) is 4.60. The number of rotatable bonds is 5. The Hall–Kier alpha value is -2.21. The smallest absolute Gasteiger partial charge is 0.142 e. The van der Waals surface area contributed by atoms with Gasteiger partial charge in [0.1, 0.15) is 5.82 Å². The van der Waals surface area contributed by atoms with Crippen LogP contribution in [0.4, 0.5) is 4.39 Å². The van der Waals surface area contributed by atoms with E-state index in [-0.39, 0.29) is 17.5 Å². The number of benzene rings is 1. The van der Waals surface area contributed by atoms with Crippen molar-refractivity contribution >= 4 is 28.8 Å². The quantitative estimate of drug-likeness (QED) is 0.585. The zero-order chi connectivity index (χ0) is 19.8. The molecule has 4 rings (SSSR count). The molecule has 0 aliphatic heterocycles. The van der Waals surface area contributed by atoms with E-state index in [0.717, 1.165) is 28.0 Å². The van der Waals surface area contributed by atoms with Crippen LogP contribution >= 0.6 is 23.2 Å². The lowest BCUT2D eigenvalue weighted by atomic mass is 9.89. The molecule has 4 nitrogen and oxygen atoms in total. The molecule has 0 amide bonds. The average Bonchev–Trinajstić information content (AvgIpc) is 3.31. The van der Waals surface area contributed by atoms with Crippen molar-refractivity contribution < 1.29 is 9.50 Å². The first kappa shape index (κ1) is 19.1. The Kier molecular flexibility index (Phi) is 5.23. The second kappa shape index (κ2) is 7.66. The van der Waals surface area contributed by atoms with Crippen molar-refractivity contribution in [2.75, 3.05) is 6.61 Å². The molecule has 2 aromatic heterocycles. The van der Waals surface area contributed by atoms with E-state index in [1.165, 1.54) is 12.1 Å². The highest BCUT2D eigenvalue weighted by Gasteiger charge is 2.26. The number of hydrogen-bond acceptors (Lipinski definition) is 3. The van der Waals surface area contributed by atoms with E-state index in [2.05, 4.69) is 22.2 Å². The molecule has 0 fully saturated rings. The number of pyridine rings is 1. The van der Waals surface area contributed by atoms with E-state index in [0.29, 0.717) is 23.6 Å². The number of aliphatic hydroxyl groups excluding tert-OH is 1. The topological polar surface area (TPSA) is 50.9 Å². The van der Waals surface area contributed by atoms with Crippen molar-refractivity contribution in [2.24, 2.45) is 0 Å². The molecule has 144 valence electrons. The van der Waals surface area contributed by atoms with Crippen LogP contribution in [0.5, 0.6) is 0 Å². The fourth-order valence-electron chi connectivity index (χ4n) is 3.62. The van der Waals surface area contributed by atoms with Crippen molar-refractivity contribution in [3.05, 3.63) is 75.5 Å². The van der Waals surface area contributed by atoms with Gasteiger partial charge in [0.2, 0.25) is 0 Å². The van der Waals surface area contributed by atoms with Crippen LogP contribution < -0.4 is 0 Å². The van der Waals surface area contributed by atoms with Crippen LogP contribution in [-0.4, -0.2) is 26.5 Å². The Balaban J connectivity index is 1.71. The third-order valence-electron chi connectivity index (χ3n) is 5.07. The van der Waals surface area contributed by atoms with Crippen molar-refractivity contribution in [1.29, 1.82) is 0 Å². The maximum Gasteiger partial charge on any atom is 0.142 e. The number of allylic oxidation sites excluding steroid dienone is 2. The molecule has 1 aliphatic rings. The molecular formula is C21H18Cl2FN3O. The Bertz CT molecular complexity index is 1080. The lowest BCUT2D eigenvalue weighted by Gasteiger charge is -2.19. The molecule has 2 heterocycles. The van der Waals surface area contributed by atoms with Gasteiger partial charge >= 0.3 is 0 Å². The van der Waals surface area contributed by atoms with Crippen LogP contribution in [0.15, 0.2) is 42.9 Å². The number of aliphatic hydroxyl groups is 1. The summed E-state index contributed by atoms with van der Waals surface area (Å²) in [6, 6.07) is 4.88. The van der Waals surface area contributed by atoms with Crippen LogP contribution in [-0.2, 0) is 13.0 Å². The van der Waals surface area contributed by atoms with Gasteiger partial charge < -0.3 is 5.11 Å². The standard InChI is InChI=1S/C21H18Cl2FN3O/c1-12(20-17(22)3-4-18(24)21(20)23)15-2-5-19-16(15)8-13(9-25-19)14-10-26-27(11-14)6-7-28/h2-4,8-12,28H,5-7H2,1H3/t12-/m1/s1. The summed E-state index contributed by atoms with van der Waals surface area (Å²) >= 11 is 12.6. The van der Waals surface area contributed by atoms with Gasteiger partial charge in [0, 0.05) is 46.4 Å². The molecule has 0 saturated heterocycles. The maximum absolute atomic E-state index is 14.0. The highest BCUT2D eigenvalue weighted by atomic mass is 35.5. The summed E-state index contributed by atoms with van der Waals surface area (Å²) < 4.78 is 15.7. The molecule has 0 spiro atoms. The van der Waals surface area contributed by atoms with Gasteiger partial charge in [0.15, 0.2) is 0 Å².